The fraction of sp³-hybridized carbons (Fsp3) is 0.562. The molecule has 1 amide bonds. The molecule has 0 aromatic heterocycles. The van der Waals surface area contributed by atoms with Gasteiger partial charge in [0.05, 0.1) is 5.56 Å². The Bertz CT molecular complexity index is 448. The molecule has 0 aliphatic heterocycles. The fourth-order valence-corrected chi connectivity index (χ4v) is 2.54. The van der Waals surface area contributed by atoms with Gasteiger partial charge in [0.15, 0.2) is 0 Å². The van der Waals surface area contributed by atoms with Crippen molar-refractivity contribution in [1.82, 2.24) is 5.32 Å². The highest BCUT2D eigenvalue weighted by Crippen LogP contribution is 2.24. The highest BCUT2D eigenvalue weighted by atomic mass is 35.5. The molecule has 1 aromatic rings. The average Bonchev–Trinajstić information content (AvgIpc) is 2.47. The first-order valence-electron chi connectivity index (χ1n) is 7.37. The molecule has 0 unspecified atom stereocenters. The van der Waals surface area contributed by atoms with Crippen molar-refractivity contribution in [2.45, 2.75) is 52.5 Å². The normalized spacial score (nSPS) is 11.2. The van der Waals surface area contributed by atoms with E-state index in [0.29, 0.717) is 10.6 Å². The highest BCUT2D eigenvalue weighted by Gasteiger charge is 2.27. The summed E-state index contributed by atoms with van der Waals surface area (Å²) in [5.74, 6) is -0.0611. The Morgan fingerprint density at radius 3 is 2.25 bits per heavy atom. The maximum Gasteiger partial charge on any atom is 0.253 e. The number of hydrogen-bond donors (Lipinski definition) is 2. The summed E-state index contributed by atoms with van der Waals surface area (Å²) in [6, 6.07) is 5.37. The van der Waals surface area contributed by atoms with Crippen molar-refractivity contribution in [3.05, 3.63) is 28.8 Å². The molecule has 0 radical (unpaired) electrons. The summed E-state index contributed by atoms with van der Waals surface area (Å²) in [5, 5.41) is 6.96. The third-order valence-electron chi connectivity index (χ3n) is 4.00. The Labute approximate surface area is 127 Å². The molecule has 0 aliphatic rings. The maximum atomic E-state index is 12.6. The maximum absolute atomic E-state index is 12.6. The molecule has 0 bridgehead atoms. The van der Waals surface area contributed by atoms with E-state index in [9.17, 15) is 4.79 Å². The van der Waals surface area contributed by atoms with Crippen LogP contribution in [0.4, 0.5) is 5.69 Å². The number of amides is 1. The minimum Gasteiger partial charge on any atom is -0.385 e. The van der Waals surface area contributed by atoms with Gasteiger partial charge in [-0.25, -0.2) is 0 Å². The molecule has 0 aliphatic carbocycles. The van der Waals surface area contributed by atoms with Crippen molar-refractivity contribution in [3.8, 4) is 0 Å². The van der Waals surface area contributed by atoms with Gasteiger partial charge in [-0.15, -0.1) is 0 Å². The summed E-state index contributed by atoms with van der Waals surface area (Å²) in [6.45, 7) is 9.09. The van der Waals surface area contributed by atoms with Gasteiger partial charge in [0.1, 0.15) is 0 Å². The monoisotopic (exact) mass is 296 g/mol. The van der Waals surface area contributed by atoms with Gasteiger partial charge in [-0.3, -0.25) is 4.79 Å². The second kappa shape index (κ2) is 7.53. The van der Waals surface area contributed by atoms with Crippen molar-refractivity contribution in [2.24, 2.45) is 0 Å². The molecule has 0 saturated heterocycles. The van der Waals surface area contributed by atoms with Gasteiger partial charge in [0.2, 0.25) is 0 Å². The third-order valence-corrected chi connectivity index (χ3v) is 4.24. The molecular formula is C16H25ClN2O. The minimum atomic E-state index is -0.136. The summed E-state index contributed by atoms with van der Waals surface area (Å²) in [5.41, 5.74) is 1.30. The smallest absolute Gasteiger partial charge is 0.253 e. The molecule has 4 heteroatoms. The van der Waals surface area contributed by atoms with E-state index in [2.05, 4.69) is 31.4 Å². The molecule has 1 rings (SSSR count). The van der Waals surface area contributed by atoms with E-state index in [4.69, 9.17) is 11.6 Å². The minimum absolute atomic E-state index is 0.0611. The second-order valence-electron chi connectivity index (χ2n) is 5.02. The Kier molecular flexibility index (Phi) is 6.34. The van der Waals surface area contributed by atoms with Crippen LogP contribution in [0.1, 0.15) is 57.3 Å². The molecule has 0 fully saturated rings. The zero-order valence-corrected chi connectivity index (χ0v) is 13.6. The summed E-state index contributed by atoms with van der Waals surface area (Å²) >= 11 is 6.03. The molecule has 112 valence electrons. The lowest BCUT2D eigenvalue weighted by Crippen LogP contribution is -2.47. The highest BCUT2D eigenvalue weighted by molar-refractivity contribution is 6.31. The SMILES string of the molecule is CCNc1ccc(Cl)cc1C(=O)NC(CC)(CC)CC. The number of halogens is 1. The van der Waals surface area contributed by atoms with Gasteiger partial charge >= 0.3 is 0 Å². The number of nitrogens with one attached hydrogen (secondary N) is 2. The summed E-state index contributed by atoms with van der Waals surface area (Å²) in [4.78, 5) is 12.6. The summed E-state index contributed by atoms with van der Waals surface area (Å²) < 4.78 is 0. The van der Waals surface area contributed by atoms with Crippen LogP contribution in [-0.2, 0) is 0 Å². The van der Waals surface area contributed by atoms with Crippen molar-refractivity contribution >= 4 is 23.2 Å². The molecule has 0 heterocycles. The molecule has 20 heavy (non-hydrogen) atoms. The van der Waals surface area contributed by atoms with Gasteiger partial charge < -0.3 is 10.6 Å². The Balaban J connectivity index is 3.04. The quantitative estimate of drug-likeness (QED) is 0.779. The fourth-order valence-electron chi connectivity index (χ4n) is 2.37. The van der Waals surface area contributed by atoms with Crippen LogP contribution >= 0.6 is 11.6 Å². The number of benzene rings is 1. The van der Waals surface area contributed by atoms with Crippen LogP contribution < -0.4 is 10.6 Å². The Morgan fingerprint density at radius 1 is 1.15 bits per heavy atom. The molecule has 3 nitrogen and oxygen atoms in total. The lowest BCUT2D eigenvalue weighted by molar-refractivity contribution is 0.0889. The van der Waals surface area contributed by atoms with E-state index in [-0.39, 0.29) is 11.4 Å². The summed E-state index contributed by atoms with van der Waals surface area (Å²) in [7, 11) is 0. The van der Waals surface area contributed by atoms with Crippen molar-refractivity contribution < 1.29 is 4.79 Å². The first-order valence-corrected chi connectivity index (χ1v) is 7.75. The van der Waals surface area contributed by atoms with Gasteiger partial charge in [0.25, 0.3) is 5.91 Å². The van der Waals surface area contributed by atoms with Crippen molar-refractivity contribution in [2.75, 3.05) is 11.9 Å². The topological polar surface area (TPSA) is 41.1 Å². The third kappa shape index (κ3) is 3.89. The van der Waals surface area contributed by atoms with Crippen LogP contribution in [-0.4, -0.2) is 18.0 Å². The van der Waals surface area contributed by atoms with Crippen LogP contribution in [0.5, 0.6) is 0 Å². The van der Waals surface area contributed by atoms with E-state index in [1.807, 2.05) is 13.0 Å². The summed E-state index contributed by atoms with van der Waals surface area (Å²) in [6.07, 6.45) is 2.76. The van der Waals surface area contributed by atoms with E-state index in [1.165, 1.54) is 0 Å². The standard InChI is InChI=1S/C16H25ClN2O/c1-5-16(6-2,7-3)19-15(20)13-11-12(17)9-10-14(13)18-8-4/h9-11,18H,5-8H2,1-4H3,(H,19,20). The molecule has 2 N–H and O–H groups in total. The van der Waals surface area contributed by atoms with E-state index < -0.39 is 0 Å². The van der Waals surface area contributed by atoms with Gasteiger partial charge in [-0.2, -0.15) is 0 Å². The van der Waals surface area contributed by atoms with Gasteiger partial charge in [-0.1, -0.05) is 32.4 Å². The lowest BCUT2D eigenvalue weighted by atomic mass is 9.89. The van der Waals surface area contributed by atoms with E-state index >= 15 is 0 Å². The Hall–Kier alpha value is -1.22. The lowest BCUT2D eigenvalue weighted by Gasteiger charge is -2.32. The number of carbonyl (C=O) groups is 1. The van der Waals surface area contributed by atoms with Gasteiger partial charge in [0, 0.05) is 22.8 Å². The second-order valence-corrected chi connectivity index (χ2v) is 5.45. The average molecular weight is 297 g/mol. The number of hydrogen-bond acceptors (Lipinski definition) is 2. The molecular weight excluding hydrogens is 272 g/mol. The molecule has 0 spiro atoms. The van der Waals surface area contributed by atoms with Crippen LogP contribution in [0.25, 0.3) is 0 Å². The van der Waals surface area contributed by atoms with E-state index in [0.717, 1.165) is 31.5 Å². The first-order chi connectivity index (χ1) is 9.51. The van der Waals surface area contributed by atoms with E-state index in [1.54, 1.807) is 12.1 Å². The largest absolute Gasteiger partial charge is 0.385 e. The van der Waals surface area contributed by atoms with Crippen LogP contribution in [0, 0.1) is 0 Å². The number of anilines is 1. The number of carbonyl (C=O) groups excluding carboxylic acids is 1. The molecule has 1 aromatic carbocycles. The first kappa shape index (κ1) is 16.8. The van der Waals surface area contributed by atoms with Crippen molar-refractivity contribution in [3.63, 3.8) is 0 Å². The predicted octanol–water partition coefficient (Wildman–Crippen LogP) is 4.47. The van der Waals surface area contributed by atoms with Gasteiger partial charge in [-0.05, 0) is 44.4 Å². The Morgan fingerprint density at radius 2 is 1.75 bits per heavy atom. The van der Waals surface area contributed by atoms with Crippen LogP contribution in [0.3, 0.4) is 0 Å². The van der Waals surface area contributed by atoms with Crippen LogP contribution in [0.2, 0.25) is 5.02 Å². The zero-order chi connectivity index (χ0) is 15.2. The zero-order valence-electron chi connectivity index (χ0n) is 12.8. The predicted molar refractivity (Wildman–Crippen MR) is 86.7 cm³/mol. The van der Waals surface area contributed by atoms with Crippen molar-refractivity contribution in [1.29, 1.82) is 0 Å². The van der Waals surface area contributed by atoms with Crippen LogP contribution in [0.15, 0.2) is 18.2 Å². The number of rotatable bonds is 7. The molecule has 0 atom stereocenters. The molecule has 0 saturated carbocycles.